The second-order valence-electron chi connectivity index (χ2n) is 6.19. The maximum atomic E-state index is 12.7. The zero-order valence-corrected chi connectivity index (χ0v) is 14.8. The second kappa shape index (κ2) is 8.01. The van der Waals surface area contributed by atoms with Gasteiger partial charge in [0.05, 0.1) is 11.0 Å². The van der Waals surface area contributed by atoms with Gasteiger partial charge >= 0.3 is 5.97 Å². The monoisotopic (exact) mass is 368 g/mol. The van der Waals surface area contributed by atoms with Crippen LogP contribution in [-0.4, -0.2) is 41.3 Å². The van der Waals surface area contributed by atoms with Crippen LogP contribution in [0.25, 0.3) is 21.8 Å². The van der Waals surface area contributed by atoms with Gasteiger partial charge in [-0.15, -0.1) is 0 Å². The second-order valence-corrected chi connectivity index (χ2v) is 6.19. The molecule has 1 heterocycles. The van der Waals surface area contributed by atoms with Crippen molar-refractivity contribution < 1.29 is 19.4 Å². The molecule has 2 aromatic carbocycles. The number of carboxylic acids is 1. The molecule has 0 saturated carbocycles. The molecule has 0 radical (unpaired) electrons. The van der Waals surface area contributed by atoms with Crippen molar-refractivity contribution in [2.45, 2.75) is 19.0 Å². The lowest BCUT2D eigenvalue weighted by molar-refractivity contribution is -0.142. The number of carboxylic acid groups (broad SMARTS) is 1. The maximum absolute atomic E-state index is 12.7. The zero-order valence-electron chi connectivity index (χ0n) is 14.8. The summed E-state index contributed by atoms with van der Waals surface area (Å²) in [5.74, 6) is -1.56. The third kappa shape index (κ3) is 3.83. The van der Waals surface area contributed by atoms with Crippen molar-refractivity contribution >= 4 is 33.7 Å². The first-order valence-electron chi connectivity index (χ1n) is 8.54. The average molecular weight is 368 g/mol. The summed E-state index contributed by atoms with van der Waals surface area (Å²) in [6, 6.07) is 13.1. The van der Waals surface area contributed by atoms with E-state index in [0.717, 1.165) is 0 Å². The zero-order chi connectivity index (χ0) is 19.4. The predicted octanol–water partition coefficient (Wildman–Crippen LogP) is 1.76. The number of amides is 1. The number of methoxy groups -OCH3 is 1. The highest BCUT2D eigenvalue weighted by Gasteiger charge is 2.20. The van der Waals surface area contributed by atoms with E-state index in [1.54, 1.807) is 53.1 Å². The van der Waals surface area contributed by atoms with Crippen LogP contribution in [-0.2, 0) is 20.9 Å². The van der Waals surface area contributed by atoms with Crippen molar-refractivity contribution in [1.82, 2.24) is 9.88 Å². The Bertz CT molecular complexity index is 997. The van der Waals surface area contributed by atoms with E-state index in [-0.39, 0.29) is 25.0 Å². The minimum absolute atomic E-state index is 0.0960. The molecule has 1 atom stereocenters. The number of pyridine rings is 1. The Balaban J connectivity index is 2.00. The first-order valence-corrected chi connectivity index (χ1v) is 8.54. The van der Waals surface area contributed by atoms with Crippen molar-refractivity contribution in [2.24, 2.45) is 0 Å². The molecule has 0 bridgehead atoms. The molecule has 0 aliphatic carbocycles. The van der Waals surface area contributed by atoms with E-state index in [1.807, 2.05) is 0 Å². The molecule has 0 fully saturated rings. The topological polar surface area (TPSA) is 97.6 Å². The van der Waals surface area contributed by atoms with Crippen molar-refractivity contribution in [1.29, 1.82) is 0 Å². The number of hydrogen-bond acceptors (Lipinski definition) is 4. The summed E-state index contributed by atoms with van der Waals surface area (Å²) in [4.78, 5) is 36.6. The molecule has 3 rings (SSSR count). The molecule has 1 unspecified atom stereocenters. The van der Waals surface area contributed by atoms with Gasteiger partial charge in [0.15, 0.2) is 5.43 Å². The lowest BCUT2D eigenvalue weighted by Crippen LogP contribution is -2.43. The number of hydrogen-bond donors (Lipinski definition) is 2. The van der Waals surface area contributed by atoms with Gasteiger partial charge in [-0.25, -0.2) is 4.79 Å². The van der Waals surface area contributed by atoms with E-state index < -0.39 is 17.9 Å². The Kier molecular flexibility index (Phi) is 5.52. The number of nitrogens with one attached hydrogen (secondary N) is 1. The molecule has 0 aliphatic rings. The molecule has 140 valence electrons. The highest BCUT2D eigenvalue weighted by molar-refractivity contribution is 5.95. The van der Waals surface area contributed by atoms with Crippen molar-refractivity contribution in [2.75, 3.05) is 13.7 Å². The van der Waals surface area contributed by atoms with Crippen LogP contribution in [0, 0.1) is 0 Å². The molecular formula is C20H20N2O5. The number of ether oxygens (including phenoxy) is 1. The van der Waals surface area contributed by atoms with Crippen molar-refractivity contribution in [3.8, 4) is 0 Å². The molecule has 0 spiro atoms. The van der Waals surface area contributed by atoms with Gasteiger partial charge in [-0.3, -0.25) is 9.59 Å². The van der Waals surface area contributed by atoms with E-state index in [2.05, 4.69) is 5.32 Å². The minimum atomic E-state index is -1.12. The molecule has 0 saturated heterocycles. The van der Waals surface area contributed by atoms with Crippen LogP contribution in [0.2, 0.25) is 0 Å². The van der Waals surface area contributed by atoms with Gasteiger partial charge in [-0.1, -0.05) is 24.3 Å². The average Bonchev–Trinajstić information content (AvgIpc) is 2.68. The summed E-state index contributed by atoms with van der Waals surface area (Å²) in [6.45, 7) is 0.124. The molecule has 7 nitrogen and oxygen atoms in total. The SMILES string of the molecule is COCCC(NC(=O)Cn1c2ccccc2c(=O)c2ccccc21)C(=O)O. The number of aromatic nitrogens is 1. The van der Waals surface area contributed by atoms with Crippen LogP contribution in [0.1, 0.15) is 6.42 Å². The lowest BCUT2D eigenvalue weighted by Gasteiger charge is -2.17. The van der Waals surface area contributed by atoms with E-state index >= 15 is 0 Å². The fourth-order valence-electron chi connectivity index (χ4n) is 3.12. The van der Waals surface area contributed by atoms with Crippen LogP contribution in [0.3, 0.4) is 0 Å². The summed E-state index contributed by atoms with van der Waals surface area (Å²) in [7, 11) is 1.47. The molecule has 1 amide bonds. The molecule has 0 aliphatic heterocycles. The Labute approximate surface area is 155 Å². The van der Waals surface area contributed by atoms with Gasteiger partial charge in [-0.2, -0.15) is 0 Å². The first kappa shape index (κ1) is 18.6. The smallest absolute Gasteiger partial charge is 0.326 e. The quantitative estimate of drug-likeness (QED) is 0.620. The van der Waals surface area contributed by atoms with Gasteiger partial charge in [0.1, 0.15) is 12.6 Å². The van der Waals surface area contributed by atoms with Gasteiger partial charge in [-0.05, 0) is 24.3 Å². The third-order valence-corrected chi connectivity index (χ3v) is 4.42. The van der Waals surface area contributed by atoms with Gasteiger partial charge in [0.2, 0.25) is 5.91 Å². The largest absolute Gasteiger partial charge is 0.480 e. The van der Waals surface area contributed by atoms with E-state index in [1.165, 1.54) is 7.11 Å². The highest BCUT2D eigenvalue weighted by Crippen LogP contribution is 2.19. The van der Waals surface area contributed by atoms with Crippen molar-refractivity contribution in [3.63, 3.8) is 0 Å². The van der Waals surface area contributed by atoms with Gasteiger partial charge in [0, 0.05) is 30.9 Å². The Hall–Kier alpha value is -3.19. The fraction of sp³-hybridized carbons (Fsp3) is 0.250. The number of carbonyl (C=O) groups excluding carboxylic acids is 1. The summed E-state index contributed by atoms with van der Waals surface area (Å²) in [5.41, 5.74) is 1.15. The Morgan fingerprint density at radius 2 is 1.63 bits per heavy atom. The third-order valence-electron chi connectivity index (χ3n) is 4.42. The molecule has 2 N–H and O–H groups in total. The Morgan fingerprint density at radius 1 is 1.07 bits per heavy atom. The molecule has 7 heteroatoms. The van der Waals surface area contributed by atoms with Gasteiger partial charge < -0.3 is 19.7 Å². The number of carbonyl (C=O) groups is 2. The van der Waals surface area contributed by atoms with E-state index in [9.17, 15) is 19.5 Å². The number of nitrogens with zero attached hydrogens (tertiary/aromatic N) is 1. The predicted molar refractivity (Wildman–Crippen MR) is 102 cm³/mol. The Morgan fingerprint density at radius 3 is 2.15 bits per heavy atom. The summed E-state index contributed by atoms with van der Waals surface area (Å²) in [5, 5.41) is 12.8. The normalized spacial score (nSPS) is 12.2. The van der Waals surface area contributed by atoms with E-state index in [4.69, 9.17) is 4.74 Å². The number of aliphatic carboxylic acids is 1. The summed E-state index contributed by atoms with van der Waals surface area (Å²) < 4.78 is 6.63. The maximum Gasteiger partial charge on any atom is 0.326 e. The van der Waals surface area contributed by atoms with Crippen LogP contribution in [0.15, 0.2) is 53.3 Å². The number of rotatable bonds is 7. The van der Waals surface area contributed by atoms with Crippen LogP contribution in [0.5, 0.6) is 0 Å². The van der Waals surface area contributed by atoms with Crippen molar-refractivity contribution in [3.05, 3.63) is 58.8 Å². The van der Waals surface area contributed by atoms with Crippen LogP contribution in [0.4, 0.5) is 0 Å². The standard InChI is InChI=1S/C20H20N2O5/c1-27-11-10-15(20(25)26)21-18(23)12-22-16-8-4-2-6-13(16)19(24)14-7-3-5-9-17(14)22/h2-9,15H,10-12H2,1H3,(H,21,23)(H,25,26). The lowest BCUT2D eigenvalue weighted by atomic mass is 10.1. The summed E-state index contributed by atoms with van der Waals surface area (Å²) >= 11 is 0. The van der Waals surface area contributed by atoms with Gasteiger partial charge in [0.25, 0.3) is 0 Å². The van der Waals surface area contributed by atoms with Crippen LogP contribution < -0.4 is 10.7 Å². The number of fused-ring (bicyclic) bond motifs is 2. The first-order chi connectivity index (χ1) is 13.0. The highest BCUT2D eigenvalue weighted by atomic mass is 16.5. The molecule has 3 aromatic rings. The van der Waals surface area contributed by atoms with Crippen LogP contribution >= 0.6 is 0 Å². The molecule has 1 aromatic heterocycles. The van der Waals surface area contributed by atoms with E-state index in [0.29, 0.717) is 21.8 Å². The fourth-order valence-corrected chi connectivity index (χ4v) is 3.12. The summed E-state index contributed by atoms with van der Waals surface area (Å²) in [6.07, 6.45) is 0.170. The minimum Gasteiger partial charge on any atom is -0.480 e. The molecular weight excluding hydrogens is 348 g/mol. The number of benzene rings is 2. The molecule has 27 heavy (non-hydrogen) atoms. The number of para-hydroxylation sites is 2.